The molecular weight excluding hydrogens is 313 g/mol. The van der Waals surface area contributed by atoms with Crippen LogP contribution in [-0.2, 0) is 23.8 Å². The van der Waals surface area contributed by atoms with Gasteiger partial charge in [-0.1, -0.05) is 0 Å². The van der Waals surface area contributed by atoms with Gasteiger partial charge in [-0.25, -0.2) is 0 Å². The molecule has 0 bridgehead atoms. The molecule has 0 aliphatic carbocycles. The molecule has 0 saturated carbocycles. The van der Waals surface area contributed by atoms with Gasteiger partial charge >= 0.3 is 15.6 Å². The van der Waals surface area contributed by atoms with E-state index in [-0.39, 0.29) is 5.76 Å². The molecule has 1 aliphatic heterocycles. The van der Waals surface area contributed by atoms with E-state index in [0.29, 0.717) is 19.3 Å². The number of unbranched alkanes of at least 4 members (excludes halogenated alkanes) is 1. The zero-order valence-corrected chi connectivity index (χ0v) is 12.4. The van der Waals surface area contributed by atoms with Crippen LogP contribution >= 0.6 is 0 Å². The van der Waals surface area contributed by atoms with Crippen molar-refractivity contribution in [1.29, 1.82) is 0 Å². The van der Waals surface area contributed by atoms with Crippen molar-refractivity contribution in [3.05, 3.63) is 24.4 Å². The first-order chi connectivity index (χ1) is 9.69. The normalized spacial score (nSPS) is 23.0. The van der Waals surface area contributed by atoms with Crippen molar-refractivity contribution in [2.75, 3.05) is 7.11 Å². The molecule has 0 aromatic carbocycles. The van der Waals surface area contributed by atoms with Crippen molar-refractivity contribution < 1.29 is 35.2 Å². The number of halogens is 3. The Morgan fingerprint density at radius 2 is 2.10 bits per heavy atom. The third-order valence-electron chi connectivity index (χ3n) is 2.94. The SMILES string of the molecule is CO/C=C/CCC[C@H]1C(OS(=O)(=O)C(F)(F)F)=CO[C@@H]1C. The van der Waals surface area contributed by atoms with E-state index in [2.05, 4.69) is 4.18 Å². The van der Waals surface area contributed by atoms with Gasteiger partial charge in [0.1, 0.15) is 12.4 Å². The van der Waals surface area contributed by atoms with Gasteiger partial charge in [-0.2, -0.15) is 21.6 Å². The first kappa shape index (κ1) is 17.7. The molecule has 9 heteroatoms. The van der Waals surface area contributed by atoms with Gasteiger partial charge in [-0.05, 0) is 32.3 Å². The molecule has 2 atom stereocenters. The van der Waals surface area contributed by atoms with E-state index in [0.717, 1.165) is 6.26 Å². The average Bonchev–Trinajstić information content (AvgIpc) is 2.69. The van der Waals surface area contributed by atoms with Crippen LogP contribution in [0.4, 0.5) is 13.2 Å². The first-order valence-electron chi connectivity index (χ1n) is 6.23. The third kappa shape index (κ3) is 4.83. The minimum Gasteiger partial charge on any atom is -0.505 e. The van der Waals surface area contributed by atoms with Crippen molar-refractivity contribution >= 4 is 10.1 Å². The van der Waals surface area contributed by atoms with Crippen LogP contribution in [0.5, 0.6) is 0 Å². The Morgan fingerprint density at radius 3 is 2.67 bits per heavy atom. The van der Waals surface area contributed by atoms with Gasteiger partial charge < -0.3 is 13.7 Å². The minimum atomic E-state index is -5.66. The van der Waals surface area contributed by atoms with Crippen LogP contribution in [0, 0.1) is 5.92 Å². The summed E-state index contributed by atoms with van der Waals surface area (Å²) in [6, 6.07) is 0. The number of hydrogen-bond acceptors (Lipinski definition) is 5. The fourth-order valence-electron chi connectivity index (χ4n) is 1.84. The van der Waals surface area contributed by atoms with Crippen molar-refractivity contribution in [2.45, 2.75) is 37.8 Å². The summed E-state index contributed by atoms with van der Waals surface area (Å²) in [7, 11) is -4.16. The highest BCUT2D eigenvalue weighted by atomic mass is 32.2. The van der Waals surface area contributed by atoms with Gasteiger partial charge in [0.15, 0.2) is 5.76 Å². The topological polar surface area (TPSA) is 61.8 Å². The Morgan fingerprint density at radius 1 is 1.43 bits per heavy atom. The van der Waals surface area contributed by atoms with Crippen molar-refractivity contribution in [1.82, 2.24) is 0 Å². The van der Waals surface area contributed by atoms with Crippen LogP contribution < -0.4 is 0 Å². The lowest BCUT2D eigenvalue weighted by molar-refractivity contribution is -0.0527. The molecule has 0 aromatic heterocycles. The van der Waals surface area contributed by atoms with E-state index in [4.69, 9.17) is 9.47 Å². The Labute approximate surface area is 121 Å². The van der Waals surface area contributed by atoms with E-state index >= 15 is 0 Å². The lowest BCUT2D eigenvalue weighted by Gasteiger charge is -2.18. The lowest BCUT2D eigenvalue weighted by atomic mass is 9.96. The zero-order valence-electron chi connectivity index (χ0n) is 11.6. The highest BCUT2D eigenvalue weighted by Crippen LogP contribution is 2.35. The Balaban J connectivity index is 2.63. The molecule has 21 heavy (non-hydrogen) atoms. The van der Waals surface area contributed by atoms with Gasteiger partial charge in [0.25, 0.3) is 0 Å². The standard InChI is InChI=1S/C12H17F3O5S/c1-9-10(6-4-3-5-7-18-2)11(8-19-9)20-21(16,17)12(13,14)15/h5,7-10H,3-4,6H2,1-2H3/b7-5+/t9-,10-/m1/s1. The molecule has 1 rings (SSSR count). The van der Waals surface area contributed by atoms with Gasteiger partial charge in [0.05, 0.1) is 19.3 Å². The molecule has 0 N–H and O–H groups in total. The quantitative estimate of drug-likeness (QED) is 0.311. The summed E-state index contributed by atoms with van der Waals surface area (Å²) in [6.07, 6.45) is 5.47. The van der Waals surface area contributed by atoms with Crippen molar-refractivity contribution in [3.63, 3.8) is 0 Å². The van der Waals surface area contributed by atoms with Crippen molar-refractivity contribution in [3.8, 4) is 0 Å². The molecule has 0 amide bonds. The van der Waals surface area contributed by atoms with Crippen LogP contribution in [0.15, 0.2) is 24.4 Å². The highest BCUT2D eigenvalue weighted by molar-refractivity contribution is 7.87. The molecule has 1 aliphatic rings. The molecule has 0 unspecified atom stereocenters. The molecule has 122 valence electrons. The average molecular weight is 330 g/mol. The number of methoxy groups -OCH3 is 1. The molecule has 0 aromatic rings. The summed E-state index contributed by atoms with van der Waals surface area (Å²) in [6.45, 7) is 1.64. The van der Waals surface area contributed by atoms with Crippen LogP contribution in [0.3, 0.4) is 0 Å². The van der Waals surface area contributed by atoms with Crippen LogP contribution in [0.25, 0.3) is 0 Å². The number of ether oxygens (including phenoxy) is 2. The fourth-order valence-corrected chi connectivity index (χ4v) is 2.35. The Kier molecular flexibility index (Phi) is 5.94. The van der Waals surface area contributed by atoms with Crippen LogP contribution in [-0.4, -0.2) is 27.1 Å². The van der Waals surface area contributed by atoms with Crippen LogP contribution in [0.2, 0.25) is 0 Å². The number of alkyl halides is 3. The van der Waals surface area contributed by atoms with E-state index in [9.17, 15) is 21.6 Å². The van der Waals surface area contributed by atoms with E-state index in [1.54, 1.807) is 13.0 Å². The largest absolute Gasteiger partial charge is 0.534 e. The Hall–Kier alpha value is -1.38. The Bertz CT molecular complexity index is 496. The van der Waals surface area contributed by atoms with Gasteiger partial charge in [-0.3, -0.25) is 0 Å². The van der Waals surface area contributed by atoms with Crippen LogP contribution in [0.1, 0.15) is 26.2 Å². The third-order valence-corrected chi connectivity index (χ3v) is 3.92. The van der Waals surface area contributed by atoms with Gasteiger partial charge in [0, 0.05) is 0 Å². The zero-order chi connectivity index (χ0) is 16.1. The fraction of sp³-hybridized carbons (Fsp3) is 0.667. The molecule has 0 radical (unpaired) electrons. The van der Waals surface area contributed by atoms with E-state index in [1.807, 2.05) is 0 Å². The number of hydrogen-bond donors (Lipinski definition) is 0. The summed E-state index contributed by atoms with van der Waals surface area (Å²) in [4.78, 5) is 0. The second-order valence-corrected chi connectivity index (χ2v) is 6.03. The minimum absolute atomic E-state index is 0.310. The smallest absolute Gasteiger partial charge is 0.505 e. The maximum atomic E-state index is 12.3. The van der Waals surface area contributed by atoms with Gasteiger partial charge in [0.2, 0.25) is 0 Å². The summed E-state index contributed by atoms with van der Waals surface area (Å²) in [5.41, 5.74) is -5.45. The first-order valence-corrected chi connectivity index (χ1v) is 7.64. The van der Waals surface area contributed by atoms with E-state index in [1.165, 1.54) is 13.4 Å². The second kappa shape index (κ2) is 7.06. The van der Waals surface area contributed by atoms with Gasteiger partial charge in [-0.15, -0.1) is 0 Å². The van der Waals surface area contributed by atoms with Crippen molar-refractivity contribution in [2.24, 2.45) is 5.92 Å². The molecule has 5 nitrogen and oxygen atoms in total. The predicted octanol–water partition coefficient (Wildman–Crippen LogP) is 3.06. The predicted molar refractivity (Wildman–Crippen MR) is 68.2 cm³/mol. The molecule has 0 spiro atoms. The van der Waals surface area contributed by atoms with E-state index < -0.39 is 27.6 Å². The number of rotatable bonds is 7. The second-order valence-electron chi connectivity index (χ2n) is 4.49. The molecular formula is C12H17F3O5S. The maximum Gasteiger partial charge on any atom is 0.534 e. The molecule has 0 fully saturated rings. The highest BCUT2D eigenvalue weighted by Gasteiger charge is 2.50. The monoisotopic (exact) mass is 330 g/mol. The summed E-state index contributed by atoms with van der Waals surface area (Å²) >= 11 is 0. The maximum absolute atomic E-state index is 12.3. The number of allylic oxidation sites excluding steroid dienone is 1. The summed E-state index contributed by atoms with van der Waals surface area (Å²) in [5, 5.41) is 0. The molecule has 0 saturated heterocycles. The summed E-state index contributed by atoms with van der Waals surface area (Å²) in [5.74, 6) is -0.839. The molecule has 1 heterocycles. The summed E-state index contributed by atoms with van der Waals surface area (Å²) < 4.78 is 72.8. The lowest BCUT2D eigenvalue weighted by Crippen LogP contribution is -2.27.